The number of aromatic nitrogens is 1. The molecule has 1 heterocycles. The van der Waals surface area contributed by atoms with Crippen LogP contribution in [0.15, 0.2) is 42.6 Å². The van der Waals surface area contributed by atoms with E-state index in [0.717, 1.165) is 6.07 Å². The molecule has 0 spiro atoms. The molecule has 0 unspecified atom stereocenters. The lowest BCUT2D eigenvalue weighted by Gasteiger charge is -2.23. The van der Waals surface area contributed by atoms with Crippen LogP contribution in [0.2, 0.25) is 0 Å². The van der Waals surface area contributed by atoms with Gasteiger partial charge < -0.3 is 29.6 Å². The molecule has 36 heavy (non-hydrogen) atoms. The average Bonchev–Trinajstić information content (AvgIpc) is 3.59. The summed E-state index contributed by atoms with van der Waals surface area (Å²) in [6, 6.07) is 9.11. The van der Waals surface area contributed by atoms with E-state index in [0.29, 0.717) is 41.0 Å². The van der Waals surface area contributed by atoms with E-state index in [1.165, 1.54) is 26.4 Å². The van der Waals surface area contributed by atoms with E-state index in [-0.39, 0.29) is 11.4 Å². The molecule has 2 aromatic carbocycles. The third-order valence-corrected chi connectivity index (χ3v) is 5.54. The van der Waals surface area contributed by atoms with Crippen molar-refractivity contribution in [3.05, 3.63) is 48.4 Å². The number of amides is 2. The predicted molar refractivity (Wildman–Crippen MR) is 131 cm³/mol. The Bertz CT molecular complexity index is 1320. The van der Waals surface area contributed by atoms with Crippen molar-refractivity contribution < 1.29 is 32.9 Å². The normalized spacial score (nSPS) is 14.1. The van der Waals surface area contributed by atoms with Gasteiger partial charge in [0.1, 0.15) is 16.9 Å². The number of halogens is 1. The number of methoxy groups -OCH3 is 2. The number of carbonyl (C=O) groups excluding carboxylic acids is 2. The van der Waals surface area contributed by atoms with Crippen molar-refractivity contribution in [3.63, 3.8) is 0 Å². The molecule has 2 amide bonds. The molecule has 9 nitrogen and oxygen atoms in total. The summed E-state index contributed by atoms with van der Waals surface area (Å²) in [6.07, 6.45) is 1.79. The molecule has 1 fully saturated rings. The van der Waals surface area contributed by atoms with E-state index < -0.39 is 29.0 Å². The number of alkyl carbamates (subject to hydrolysis) is 1. The molecule has 0 saturated heterocycles. The van der Waals surface area contributed by atoms with E-state index in [1.54, 1.807) is 45.2 Å². The molecule has 1 aliphatic carbocycles. The number of rotatable bonds is 7. The smallest absolute Gasteiger partial charge is 0.408 e. The summed E-state index contributed by atoms with van der Waals surface area (Å²) in [5.41, 5.74) is -0.938. The zero-order chi connectivity index (χ0) is 26.1. The van der Waals surface area contributed by atoms with Crippen molar-refractivity contribution >= 4 is 28.6 Å². The van der Waals surface area contributed by atoms with Gasteiger partial charge in [0.25, 0.3) is 0 Å². The highest BCUT2D eigenvalue weighted by molar-refractivity contribution is 6.02. The SMILES string of the molecule is COc1cc2nccc(Oc3ccc(NC(=O)C4(NC(=O)OC(C)(C)C)CC4)cc3F)c2cc1OC. The van der Waals surface area contributed by atoms with Crippen LogP contribution in [-0.2, 0) is 9.53 Å². The predicted octanol–water partition coefficient (Wildman–Crippen LogP) is 5.18. The molecule has 0 atom stereocenters. The summed E-state index contributed by atoms with van der Waals surface area (Å²) in [5, 5.41) is 5.88. The number of fused-ring (bicyclic) bond motifs is 1. The summed E-state index contributed by atoms with van der Waals surface area (Å²) < 4.78 is 36.7. The van der Waals surface area contributed by atoms with Gasteiger partial charge in [-0.2, -0.15) is 0 Å². The van der Waals surface area contributed by atoms with Gasteiger partial charge in [0, 0.05) is 29.4 Å². The zero-order valence-corrected chi connectivity index (χ0v) is 20.7. The van der Waals surface area contributed by atoms with E-state index in [9.17, 15) is 14.0 Å². The van der Waals surface area contributed by atoms with Crippen LogP contribution in [0.3, 0.4) is 0 Å². The first-order chi connectivity index (χ1) is 17.0. The van der Waals surface area contributed by atoms with Crippen LogP contribution < -0.4 is 24.8 Å². The monoisotopic (exact) mass is 497 g/mol. The third-order valence-electron chi connectivity index (χ3n) is 5.54. The van der Waals surface area contributed by atoms with Crippen LogP contribution in [0.4, 0.5) is 14.9 Å². The van der Waals surface area contributed by atoms with Crippen LogP contribution in [0.25, 0.3) is 10.9 Å². The van der Waals surface area contributed by atoms with Gasteiger partial charge in [-0.3, -0.25) is 9.78 Å². The fourth-order valence-corrected chi connectivity index (χ4v) is 3.60. The Balaban J connectivity index is 1.49. The molecule has 1 aliphatic rings. The Kier molecular flexibility index (Phi) is 6.62. The number of anilines is 1. The molecule has 4 rings (SSSR count). The largest absolute Gasteiger partial charge is 0.493 e. The van der Waals surface area contributed by atoms with Crippen molar-refractivity contribution in [1.29, 1.82) is 0 Å². The van der Waals surface area contributed by atoms with Gasteiger partial charge in [-0.05, 0) is 57.9 Å². The second kappa shape index (κ2) is 9.52. The standard InChI is InChI=1S/C26H28FN3O6/c1-25(2,3)36-24(32)30-26(9-10-26)23(31)29-15-6-7-20(17(27)12-15)35-19-8-11-28-18-14-22(34-5)21(33-4)13-16(18)19/h6-8,11-14H,9-10H2,1-5H3,(H,29,31)(H,30,32). The van der Waals surface area contributed by atoms with E-state index in [2.05, 4.69) is 15.6 Å². The van der Waals surface area contributed by atoms with Crippen molar-refractivity contribution in [2.75, 3.05) is 19.5 Å². The van der Waals surface area contributed by atoms with Crippen molar-refractivity contribution in [2.24, 2.45) is 0 Å². The van der Waals surface area contributed by atoms with Crippen molar-refractivity contribution in [3.8, 4) is 23.0 Å². The fraction of sp³-hybridized carbons (Fsp3) is 0.346. The maximum absolute atomic E-state index is 14.9. The minimum absolute atomic E-state index is 0.0386. The summed E-state index contributed by atoms with van der Waals surface area (Å²) >= 11 is 0. The number of carbonyl (C=O) groups is 2. The van der Waals surface area contributed by atoms with Gasteiger partial charge in [0.15, 0.2) is 23.1 Å². The molecule has 0 bridgehead atoms. The van der Waals surface area contributed by atoms with Gasteiger partial charge in [-0.25, -0.2) is 9.18 Å². The highest BCUT2D eigenvalue weighted by atomic mass is 19.1. The van der Waals surface area contributed by atoms with E-state index >= 15 is 0 Å². The summed E-state index contributed by atoms with van der Waals surface area (Å²) in [5.74, 6) is 0.204. The second-order valence-corrected chi connectivity index (χ2v) is 9.44. The number of hydrogen-bond donors (Lipinski definition) is 2. The molecule has 2 N–H and O–H groups in total. The lowest BCUT2D eigenvalue weighted by molar-refractivity contribution is -0.119. The molecule has 0 aliphatic heterocycles. The van der Waals surface area contributed by atoms with E-state index in [1.807, 2.05) is 0 Å². The maximum Gasteiger partial charge on any atom is 0.408 e. The Morgan fingerprint density at radius 3 is 2.28 bits per heavy atom. The first-order valence-corrected chi connectivity index (χ1v) is 11.3. The average molecular weight is 498 g/mol. The summed E-state index contributed by atoms with van der Waals surface area (Å²) in [4.78, 5) is 29.2. The molecular formula is C26H28FN3O6. The maximum atomic E-state index is 14.9. The third kappa shape index (κ3) is 5.42. The first-order valence-electron chi connectivity index (χ1n) is 11.3. The molecule has 0 radical (unpaired) electrons. The van der Waals surface area contributed by atoms with Gasteiger partial charge in [0.2, 0.25) is 5.91 Å². The van der Waals surface area contributed by atoms with Crippen LogP contribution in [-0.4, -0.2) is 42.3 Å². The van der Waals surface area contributed by atoms with E-state index in [4.69, 9.17) is 18.9 Å². The van der Waals surface area contributed by atoms with Gasteiger partial charge >= 0.3 is 6.09 Å². The molecular weight excluding hydrogens is 469 g/mol. The lowest BCUT2D eigenvalue weighted by atomic mass is 10.1. The Morgan fingerprint density at radius 2 is 1.67 bits per heavy atom. The fourth-order valence-electron chi connectivity index (χ4n) is 3.60. The number of ether oxygens (including phenoxy) is 4. The molecule has 10 heteroatoms. The topological polar surface area (TPSA) is 108 Å². The summed E-state index contributed by atoms with van der Waals surface area (Å²) in [7, 11) is 3.04. The van der Waals surface area contributed by atoms with Crippen LogP contribution in [0.5, 0.6) is 23.0 Å². The molecule has 1 aromatic heterocycles. The van der Waals surface area contributed by atoms with Crippen LogP contribution >= 0.6 is 0 Å². The second-order valence-electron chi connectivity index (χ2n) is 9.44. The van der Waals surface area contributed by atoms with Gasteiger partial charge in [0.05, 0.1) is 19.7 Å². The minimum Gasteiger partial charge on any atom is -0.493 e. The first kappa shape index (κ1) is 25.0. The van der Waals surface area contributed by atoms with Gasteiger partial charge in [-0.1, -0.05) is 0 Å². The van der Waals surface area contributed by atoms with Gasteiger partial charge in [-0.15, -0.1) is 0 Å². The van der Waals surface area contributed by atoms with Crippen molar-refractivity contribution in [1.82, 2.24) is 10.3 Å². The molecule has 190 valence electrons. The van der Waals surface area contributed by atoms with Crippen LogP contribution in [0, 0.1) is 5.82 Å². The number of benzene rings is 2. The number of pyridine rings is 1. The highest BCUT2D eigenvalue weighted by Gasteiger charge is 2.52. The Hall–Kier alpha value is -4.08. The van der Waals surface area contributed by atoms with Crippen molar-refractivity contribution in [2.45, 2.75) is 44.8 Å². The molecule has 1 saturated carbocycles. The number of nitrogens with zero attached hydrogens (tertiary/aromatic N) is 1. The molecule has 3 aromatic rings. The highest BCUT2D eigenvalue weighted by Crippen LogP contribution is 2.39. The minimum atomic E-state index is -1.07. The van der Waals surface area contributed by atoms with Crippen LogP contribution in [0.1, 0.15) is 33.6 Å². The quantitative estimate of drug-likeness (QED) is 0.463. The number of hydrogen-bond acceptors (Lipinski definition) is 7. The summed E-state index contributed by atoms with van der Waals surface area (Å²) in [6.45, 7) is 5.21. The Morgan fingerprint density at radius 1 is 0.972 bits per heavy atom. The lowest BCUT2D eigenvalue weighted by Crippen LogP contribution is -2.47. The zero-order valence-electron chi connectivity index (χ0n) is 20.7. The Labute approximate surface area is 207 Å². The number of nitrogens with one attached hydrogen (secondary N) is 2.